The van der Waals surface area contributed by atoms with Gasteiger partial charge in [-0.3, -0.25) is 4.98 Å². The minimum Gasteiger partial charge on any atom is -0.264 e. The van der Waals surface area contributed by atoms with Crippen molar-refractivity contribution in [1.82, 2.24) is 14.8 Å². The Balaban J connectivity index is 2.30. The lowest BCUT2D eigenvalue weighted by Gasteiger charge is -2.05. The molecular formula is C13H9Cl2N3. The average Bonchev–Trinajstić information content (AvgIpc) is 2.74. The molecule has 3 aromatic rings. The molecule has 3 nitrogen and oxygen atoms in total. The number of hydrogen-bond donors (Lipinski definition) is 0. The van der Waals surface area contributed by atoms with E-state index < -0.39 is 0 Å². The fourth-order valence-electron chi connectivity index (χ4n) is 1.90. The zero-order valence-electron chi connectivity index (χ0n) is 9.56. The zero-order chi connectivity index (χ0) is 12.7. The number of para-hydroxylation sites is 1. The molecule has 1 aromatic carbocycles. The first-order valence-electron chi connectivity index (χ1n) is 5.41. The molecule has 0 atom stereocenters. The second kappa shape index (κ2) is 4.26. The highest BCUT2D eigenvalue weighted by Gasteiger charge is 2.11. The fourth-order valence-corrected chi connectivity index (χ4v) is 2.47. The lowest BCUT2D eigenvalue weighted by molar-refractivity contribution is 0.895. The topological polar surface area (TPSA) is 30.7 Å². The van der Waals surface area contributed by atoms with Crippen LogP contribution in [-0.2, 0) is 0 Å². The van der Waals surface area contributed by atoms with Gasteiger partial charge >= 0.3 is 0 Å². The van der Waals surface area contributed by atoms with Gasteiger partial charge in [-0.15, -0.1) is 0 Å². The molecule has 0 bridgehead atoms. The first-order chi connectivity index (χ1) is 8.66. The van der Waals surface area contributed by atoms with Crippen molar-refractivity contribution in [2.75, 3.05) is 0 Å². The average molecular weight is 278 g/mol. The number of rotatable bonds is 1. The Morgan fingerprint density at radius 2 is 1.83 bits per heavy atom. The van der Waals surface area contributed by atoms with Crippen molar-refractivity contribution < 1.29 is 0 Å². The van der Waals surface area contributed by atoms with Crippen LogP contribution < -0.4 is 0 Å². The van der Waals surface area contributed by atoms with Crippen molar-refractivity contribution in [1.29, 1.82) is 0 Å². The van der Waals surface area contributed by atoms with Crippen LogP contribution in [0, 0.1) is 6.92 Å². The molecule has 0 aliphatic rings. The monoisotopic (exact) mass is 277 g/mol. The summed E-state index contributed by atoms with van der Waals surface area (Å²) >= 11 is 12.3. The Bertz CT molecular complexity index is 714. The van der Waals surface area contributed by atoms with Crippen LogP contribution in [0.15, 0.2) is 36.8 Å². The highest BCUT2D eigenvalue weighted by Crippen LogP contribution is 2.29. The van der Waals surface area contributed by atoms with Crippen LogP contribution in [-0.4, -0.2) is 14.8 Å². The summed E-state index contributed by atoms with van der Waals surface area (Å²) in [6.45, 7) is 1.97. The molecule has 0 aliphatic carbocycles. The molecule has 0 aliphatic heterocycles. The minimum absolute atomic E-state index is 0.570. The molecule has 2 aromatic heterocycles. The van der Waals surface area contributed by atoms with Gasteiger partial charge in [0.1, 0.15) is 5.69 Å². The Kier molecular flexibility index (Phi) is 2.73. The number of hydrogen-bond acceptors (Lipinski definition) is 2. The molecule has 0 fully saturated rings. The van der Waals surface area contributed by atoms with Crippen LogP contribution in [0.3, 0.4) is 0 Å². The van der Waals surface area contributed by atoms with Gasteiger partial charge in [0.25, 0.3) is 0 Å². The maximum atomic E-state index is 6.17. The summed E-state index contributed by atoms with van der Waals surface area (Å²) in [4.78, 5) is 4.14. The van der Waals surface area contributed by atoms with Crippen LogP contribution in [0.2, 0.25) is 10.0 Å². The van der Waals surface area contributed by atoms with E-state index in [1.165, 1.54) is 0 Å². The maximum Gasteiger partial charge on any atom is 0.102 e. The zero-order valence-corrected chi connectivity index (χ0v) is 11.1. The Hall–Kier alpha value is -1.58. The van der Waals surface area contributed by atoms with E-state index >= 15 is 0 Å². The first-order valence-corrected chi connectivity index (χ1v) is 6.17. The molecule has 0 saturated heterocycles. The van der Waals surface area contributed by atoms with E-state index in [2.05, 4.69) is 10.1 Å². The van der Waals surface area contributed by atoms with Crippen LogP contribution in [0.5, 0.6) is 0 Å². The van der Waals surface area contributed by atoms with E-state index in [1.54, 1.807) is 29.2 Å². The van der Waals surface area contributed by atoms with Crippen molar-refractivity contribution in [3.63, 3.8) is 0 Å². The Morgan fingerprint density at radius 1 is 1.11 bits per heavy atom. The van der Waals surface area contributed by atoms with Gasteiger partial charge in [-0.2, -0.15) is 5.10 Å². The number of aryl methyl sites for hydroxylation is 1. The maximum absolute atomic E-state index is 6.17. The fraction of sp³-hybridized carbons (Fsp3) is 0.0769. The van der Waals surface area contributed by atoms with Crippen molar-refractivity contribution in [3.05, 3.63) is 52.4 Å². The molecule has 5 heteroatoms. The number of aromatic nitrogens is 3. The lowest BCUT2D eigenvalue weighted by atomic mass is 10.2. The highest BCUT2D eigenvalue weighted by molar-refractivity contribution is 6.37. The van der Waals surface area contributed by atoms with Crippen LogP contribution in [0.25, 0.3) is 16.6 Å². The summed E-state index contributed by atoms with van der Waals surface area (Å²) in [5, 5.41) is 6.62. The molecule has 0 saturated carbocycles. The third-order valence-electron chi connectivity index (χ3n) is 2.76. The van der Waals surface area contributed by atoms with Gasteiger partial charge in [-0.25, -0.2) is 4.68 Å². The van der Waals surface area contributed by atoms with Crippen molar-refractivity contribution in [3.8, 4) is 5.69 Å². The lowest BCUT2D eigenvalue weighted by Crippen LogP contribution is -1.96. The standard InChI is InChI=1S/C13H9Cl2N3/c1-8-5-16-6-9-7-18(17-12(8)9)13-10(14)3-2-4-11(13)15/h2-7H,1H3. The normalized spacial score (nSPS) is 11.1. The third kappa shape index (κ3) is 1.76. The minimum atomic E-state index is 0.570. The Morgan fingerprint density at radius 3 is 2.50 bits per heavy atom. The number of fused-ring (bicyclic) bond motifs is 1. The summed E-state index contributed by atoms with van der Waals surface area (Å²) in [6.07, 6.45) is 5.44. The van der Waals surface area contributed by atoms with Gasteiger partial charge in [0.05, 0.1) is 15.6 Å². The summed E-state index contributed by atoms with van der Waals surface area (Å²) < 4.78 is 1.70. The summed E-state index contributed by atoms with van der Waals surface area (Å²) in [6, 6.07) is 5.39. The molecular weight excluding hydrogens is 269 g/mol. The van der Waals surface area contributed by atoms with Crippen LogP contribution in [0.1, 0.15) is 5.56 Å². The molecule has 0 unspecified atom stereocenters. The largest absolute Gasteiger partial charge is 0.264 e. The predicted octanol–water partition coefficient (Wildman–Crippen LogP) is 4.04. The van der Waals surface area contributed by atoms with Gasteiger partial charge < -0.3 is 0 Å². The van der Waals surface area contributed by atoms with E-state index in [9.17, 15) is 0 Å². The van der Waals surface area contributed by atoms with E-state index in [0.29, 0.717) is 15.7 Å². The number of halogens is 2. The summed E-state index contributed by atoms with van der Waals surface area (Å²) in [5.74, 6) is 0. The number of pyridine rings is 1. The first kappa shape index (κ1) is 11.5. The van der Waals surface area contributed by atoms with Gasteiger partial charge in [0.15, 0.2) is 0 Å². The second-order valence-electron chi connectivity index (χ2n) is 4.04. The van der Waals surface area contributed by atoms with Gasteiger partial charge in [-0.05, 0) is 24.6 Å². The second-order valence-corrected chi connectivity index (χ2v) is 4.85. The Labute approximate surface area is 114 Å². The predicted molar refractivity (Wildman–Crippen MR) is 73.6 cm³/mol. The molecule has 0 spiro atoms. The smallest absolute Gasteiger partial charge is 0.102 e. The van der Waals surface area contributed by atoms with Crippen LogP contribution >= 0.6 is 23.2 Å². The summed E-state index contributed by atoms with van der Waals surface area (Å²) in [7, 11) is 0. The van der Waals surface area contributed by atoms with Crippen LogP contribution in [0.4, 0.5) is 0 Å². The van der Waals surface area contributed by atoms with E-state index in [0.717, 1.165) is 16.5 Å². The molecule has 18 heavy (non-hydrogen) atoms. The molecule has 3 rings (SSSR count). The number of benzene rings is 1. The summed E-state index contributed by atoms with van der Waals surface area (Å²) in [5.41, 5.74) is 2.62. The quantitative estimate of drug-likeness (QED) is 0.672. The van der Waals surface area contributed by atoms with Gasteiger partial charge in [0, 0.05) is 24.0 Å². The van der Waals surface area contributed by atoms with Crippen molar-refractivity contribution in [2.45, 2.75) is 6.92 Å². The molecule has 0 amide bonds. The van der Waals surface area contributed by atoms with Crippen molar-refractivity contribution in [2.24, 2.45) is 0 Å². The van der Waals surface area contributed by atoms with Gasteiger partial charge in [-0.1, -0.05) is 29.3 Å². The van der Waals surface area contributed by atoms with Crippen molar-refractivity contribution >= 4 is 34.1 Å². The molecule has 90 valence electrons. The molecule has 0 radical (unpaired) electrons. The van der Waals surface area contributed by atoms with Gasteiger partial charge in [0.2, 0.25) is 0 Å². The molecule has 2 heterocycles. The van der Waals surface area contributed by atoms with E-state index in [1.807, 2.05) is 19.2 Å². The number of nitrogens with zero attached hydrogens (tertiary/aromatic N) is 3. The van der Waals surface area contributed by atoms with E-state index in [4.69, 9.17) is 23.2 Å². The van der Waals surface area contributed by atoms with E-state index in [-0.39, 0.29) is 0 Å². The highest BCUT2D eigenvalue weighted by atomic mass is 35.5. The molecule has 0 N–H and O–H groups in total. The SMILES string of the molecule is Cc1cncc2cn(-c3c(Cl)cccc3Cl)nc12. The third-order valence-corrected chi connectivity index (χ3v) is 3.37.